The van der Waals surface area contributed by atoms with Gasteiger partial charge in [0.25, 0.3) is 10.0 Å². The van der Waals surface area contributed by atoms with Gasteiger partial charge in [0, 0.05) is 29.8 Å². The van der Waals surface area contributed by atoms with Gasteiger partial charge in [-0.25, -0.2) is 13.4 Å². The van der Waals surface area contributed by atoms with Crippen LogP contribution in [0.15, 0.2) is 71.2 Å². The number of fused-ring (bicyclic) bond motifs is 1. The Labute approximate surface area is 182 Å². The van der Waals surface area contributed by atoms with E-state index < -0.39 is 22.0 Å². The molecule has 31 heavy (non-hydrogen) atoms. The molecule has 156 valence electrons. The normalized spacial score (nSPS) is 12.3. The van der Waals surface area contributed by atoms with E-state index in [4.69, 9.17) is 0 Å². The lowest BCUT2D eigenvalue weighted by atomic mass is 10.1. The summed E-state index contributed by atoms with van der Waals surface area (Å²) >= 11 is 0.990. The summed E-state index contributed by atoms with van der Waals surface area (Å²) in [5, 5.41) is 10.4. The molecule has 0 radical (unpaired) electrons. The zero-order valence-corrected chi connectivity index (χ0v) is 17.7. The van der Waals surface area contributed by atoms with Crippen molar-refractivity contribution in [2.75, 3.05) is 0 Å². The highest BCUT2D eigenvalue weighted by atomic mass is 32.2. The summed E-state index contributed by atoms with van der Waals surface area (Å²) in [5.74, 6) is 4.65. The number of hydrogen-bond acceptors (Lipinski definition) is 5. The first-order chi connectivity index (χ1) is 14.9. The molecule has 1 aromatic carbocycles. The zero-order valence-electron chi connectivity index (χ0n) is 16.1. The highest BCUT2D eigenvalue weighted by Gasteiger charge is 2.27. The second-order valence-corrected chi connectivity index (χ2v) is 9.69. The summed E-state index contributed by atoms with van der Waals surface area (Å²) < 4.78 is 27.9. The standard InChI is InChI=1S/C22H17N3O4S2/c26-22(27)19(13-16-14-24-21-18(16)7-4-12-23-21)25-31(28,29)20-11-10-17(30-20)9-8-15-5-2-1-3-6-15/h1-7,10-12,14,19,25H,13H2,(H,23,24)(H,26,27). The average Bonchev–Trinajstić information content (AvgIpc) is 3.40. The fourth-order valence-electron chi connectivity index (χ4n) is 3.01. The first-order valence-corrected chi connectivity index (χ1v) is 11.6. The molecule has 0 saturated carbocycles. The minimum absolute atomic E-state index is 0.0108. The smallest absolute Gasteiger partial charge is 0.322 e. The van der Waals surface area contributed by atoms with Gasteiger partial charge in [-0.15, -0.1) is 11.3 Å². The van der Waals surface area contributed by atoms with Gasteiger partial charge in [0.15, 0.2) is 0 Å². The Balaban J connectivity index is 1.53. The molecule has 4 rings (SSSR count). The number of hydrogen-bond donors (Lipinski definition) is 3. The SMILES string of the molecule is O=C(O)C(Cc1c[nH]c2ncccc12)NS(=O)(=O)c1ccc(C#Cc2ccccc2)s1. The van der Waals surface area contributed by atoms with Crippen molar-refractivity contribution in [3.05, 3.63) is 83.0 Å². The highest BCUT2D eigenvalue weighted by Crippen LogP contribution is 2.22. The van der Waals surface area contributed by atoms with Crippen LogP contribution >= 0.6 is 11.3 Å². The van der Waals surface area contributed by atoms with Crippen LogP contribution < -0.4 is 4.72 Å². The van der Waals surface area contributed by atoms with Crippen LogP contribution in [-0.4, -0.2) is 35.5 Å². The number of thiophene rings is 1. The van der Waals surface area contributed by atoms with E-state index in [0.717, 1.165) is 22.3 Å². The number of nitrogens with zero attached hydrogens (tertiary/aromatic N) is 1. The van der Waals surface area contributed by atoms with Gasteiger partial charge < -0.3 is 10.1 Å². The Morgan fingerprint density at radius 2 is 1.94 bits per heavy atom. The summed E-state index contributed by atoms with van der Waals surface area (Å²) in [5.41, 5.74) is 2.10. The van der Waals surface area contributed by atoms with Crippen molar-refractivity contribution in [2.24, 2.45) is 0 Å². The molecule has 3 N–H and O–H groups in total. The van der Waals surface area contributed by atoms with Crippen LogP contribution in [-0.2, 0) is 21.2 Å². The van der Waals surface area contributed by atoms with E-state index in [2.05, 4.69) is 26.5 Å². The van der Waals surface area contributed by atoms with Crippen molar-refractivity contribution in [3.8, 4) is 11.8 Å². The maximum absolute atomic E-state index is 12.8. The number of carboxylic acids is 1. The van der Waals surface area contributed by atoms with E-state index in [-0.39, 0.29) is 10.6 Å². The van der Waals surface area contributed by atoms with E-state index in [1.807, 2.05) is 30.3 Å². The largest absolute Gasteiger partial charge is 0.480 e. The summed E-state index contributed by atoms with van der Waals surface area (Å²) in [6.07, 6.45) is 3.24. The number of rotatable bonds is 6. The van der Waals surface area contributed by atoms with E-state index in [1.54, 1.807) is 30.6 Å². The van der Waals surface area contributed by atoms with Gasteiger partial charge >= 0.3 is 5.97 Å². The quantitative estimate of drug-likeness (QED) is 0.390. The van der Waals surface area contributed by atoms with E-state index in [9.17, 15) is 18.3 Å². The highest BCUT2D eigenvalue weighted by molar-refractivity contribution is 7.91. The van der Waals surface area contributed by atoms with Gasteiger partial charge in [-0.1, -0.05) is 30.0 Å². The fraction of sp³-hybridized carbons (Fsp3) is 0.0909. The van der Waals surface area contributed by atoms with Gasteiger partial charge in [-0.2, -0.15) is 4.72 Å². The van der Waals surface area contributed by atoms with Crippen LogP contribution in [0.5, 0.6) is 0 Å². The molecule has 0 aliphatic rings. The van der Waals surface area contributed by atoms with Gasteiger partial charge in [-0.05, 0) is 42.0 Å². The van der Waals surface area contributed by atoms with Crippen molar-refractivity contribution in [3.63, 3.8) is 0 Å². The predicted molar refractivity (Wildman–Crippen MR) is 118 cm³/mol. The number of aromatic nitrogens is 2. The summed E-state index contributed by atoms with van der Waals surface area (Å²) in [6, 6.07) is 14.6. The summed E-state index contributed by atoms with van der Waals surface area (Å²) in [4.78, 5) is 19.5. The van der Waals surface area contributed by atoms with Gasteiger partial charge in [-0.3, -0.25) is 4.79 Å². The number of carbonyl (C=O) groups is 1. The molecule has 7 nitrogen and oxygen atoms in total. The molecule has 4 aromatic rings. The third kappa shape index (κ3) is 4.83. The number of nitrogens with one attached hydrogen (secondary N) is 2. The van der Waals surface area contributed by atoms with Crippen LogP contribution in [0.1, 0.15) is 16.0 Å². The molecular formula is C22H17N3O4S2. The maximum Gasteiger partial charge on any atom is 0.322 e. The molecular weight excluding hydrogens is 434 g/mol. The van der Waals surface area contributed by atoms with Gasteiger partial charge in [0.1, 0.15) is 15.9 Å². The lowest BCUT2D eigenvalue weighted by Gasteiger charge is -2.13. The van der Waals surface area contributed by atoms with Crippen LogP contribution in [0.25, 0.3) is 11.0 Å². The summed E-state index contributed by atoms with van der Waals surface area (Å²) in [6.45, 7) is 0. The molecule has 3 aromatic heterocycles. The molecule has 0 aliphatic carbocycles. The maximum atomic E-state index is 12.8. The third-order valence-electron chi connectivity index (χ3n) is 4.51. The Kier molecular flexibility index (Phi) is 5.86. The van der Waals surface area contributed by atoms with Crippen LogP contribution in [0.2, 0.25) is 0 Å². The molecule has 1 atom stereocenters. The van der Waals surface area contributed by atoms with Gasteiger partial charge in [0.05, 0.1) is 4.88 Å². The molecule has 0 spiro atoms. The molecule has 0 aliphatic heterocycles. The predicted octanol–water partition coefficient (Wildman–Crippen LogP) is 3.00. The first kappa shape index (κ1) is 20.8. The Hall–Kier alpha value is -3.45. The third-order valence-corrected chi connectivity index (χ3v) is 7.47. The molecule has 3 heterocycles. The number of pyridine rings is 1. The van der Waals surface area contributed by atoms with Crippen LogP contribution in [0.3, 0.4) is 0 Å². The minimum atomic E-state index is -4.03. The number of carboxylic acid groups (broad SMARTS) is 1. The monoisotopic (exact) mass is 451 g/mol. The molecule has 0 saturated heterocycles. The Bertz CT molecular complexity index is 1400. The molecule has 9 heteroatoms. The minimum Gasteiger partial charge on any atom is -0.480 e. The Morgan fingerprint density at radius 3 is 2.71 bits per heavy atom. The van der Waals surface area contributed by atoms with Crippen LogP contribution in [0, 0.1) is 11.8 Å². The lowest BCUT2D eigenvalue weighted by Crippen LogP contribution is -2.41. The zero-order chi connectivity index (χ0) is 21.8. The van der Waals surface area contributed by atoms with Gasteiger partial charge in [0.2, 0.25) is 0 Å². The first-order valence-electron chi connectivity index (χ1n) is 9.25. The summed E-state index contributed by atoms with van der Waals surface area (Å²) in [7, 11) is -4.03. The van der Waals surface area contributed by atoms with Crippen molar-refractivity contribution in [1.29, 1.82) is 0 Å². The lowest BCUT2D eigenvalue weighted by molar-refractivity contribution is -0.138. The second kappa shape index (κ2) is 8.73. The molecule has 0 amide bonds. The number of H-pyrrole nitrogens is 1. The van der Waals surface area contributed by atoms with Crippen LogP contribution in [0.4, 0.5) is 0 Å². The van der Waals surface area contributed by atoms with E-state index in [1.165, 1.54) is 6.07 Å². The fourth-order valence-corrected chi connectivity index (χ4v) is 5.38. The topological polar surface area (TPSA) is 112 Å². The number of aromatic amines is 1. The van der Waals surface area contributed by atoms with E-state index >= 15 is 0 Å². The average molecular weight is 452 g/mol. The van der Waals surface area contributed by atoms with Crippen molar-refractivity contribution in [1.82, 2.24) is 14.7 Å². The van der Waals surface area contributed by atoms with Crippen molar-refractivity contribution >= 4 is 38.4 Å². The second-order valence-electron chi connectivity index (χ2n) is 6.66. The molecule has 0 bridgehead atoms. The van der Waals surface area contributed by atoms with Crippen molar-refractivity contribution < 1.29 is 18.3 Å². The van der Waals surface area contributed by atoms with Crippen molar-refractivity contribution in [2.45, 2.75) is 16.7 Å². The molecule has 1 unspecified atom stereocenters. The van der Waals surface area contributed by atoms with E-state index in [0.29, 0.717) is 16.1 Å². The molecule has 0 fully saturated rings. The Morgan fingerprint density at radius 1 is 1.13 bits per heavy atom. The number of benzene rings is 1. The number of sulfonamides is 1. The number of aliphatic carboxylic acids is 1.